The molecule has 1 amide bonds. The van der Waals surface area contributed by atoms with Crippen molar-refractivity contribution in [1.29, 1.82) is 0 Å². The van der Waals surface area contributed by atoms with Crippen molar-refractivity contribution in [3.05, 3.63) is 30.4 Å². The Morgan fingerprint density at radius 2 is 1.90 bits per heavy atom. The van der Waals surface area contributed by atoms with Crippen molar-refractivity contribution in [3.63, 3.8) is 0 Å². The molecular weight excluding hydrogens is 394 g/mol. The zero-order chi connectivity index (χ0) is 23.1. The van der Waals surface area contributed by atoms with Gasteiger partial charge in [-0.2, -0.15) is 0 Å². The van der Waals surface area contributed by atoms with Gasteiger partial charge in [-0.25, -0.2) is 9.78 Å². The lowest BCUT2D eigenvalue weighted by atomic mass is 9.97. The van der Waals surface area contributed by atoms with Crippen LogP contribution in [0.25, 0.3) is 0 Å². The normalized spacial score (nSPS) is 17.8. The number of carbonyl (C=O) groups is 2. The van der Waals surface area contributed by atoms with Crippen molar-refractivity contribution < 1.29 is 19.1 Å². The van der Waals surface area contributed by atoms with Crippen LogP contribution in [0.2, 0.25) is 0 Å². The van der Waals surface area contributed by atoms with Crippen LogP contribution in [-0.4, -0.2) is 39.4 Å². The number of hydrogen-bond acceptors (Lipinski definition) is 5. The van der Waals surface area contributed by atoms with Crippen LogP contribution in [0.3, 0.4) is 0 Å². The molecule has 0 fully saturated rings. The monoisotopic (exact) mass is 433 g/mol. The highest BCUT2D eigenvalue weighted by Crippen LogP contribution is 2.24. The summed E-state index contributed by atoms with van der Waals surface area (Å²) in [6.45, 7) is 11.5. The first-order valence-electron chi connectivity index (χ1n) is 11.3. The van der Waals surface area contributed by atoms with Gasteiger partial charge in [-0.3, -0.25) is 4.79 Å². The van der Waals surface area contributed by atoms with E-state index in [-0.39, 0.29) is 11.9 Å². The molecule has 0 aromatic carbocycles. The highest BCUT2D eigenvalue weighted by molar-refractivity contribution is 5.73. The lowest BCUT2D eigenvalue weighted by molar-refractivity contribution is -0.160. The van der Waals surface area contributed by atoms with Gasteiger partial charge in [-0.15, -0.1) is 0 Å². The Morgan fingerprint density at radius 3 is 2.52 bits per heavy atom. The Bertz CT molecular complexity index is 756. The number of esters is 1. The quantitative estimate of drug-likeness (QED) is 0.356. The fourth-order valence-corrected chi connectivity index (χ4v) is 3.50. The molecule has 0 radical (unpaired) electrons. The summed E-state index contributed by atoms with van der Waals surface area (Å²) in [6.07, 6.45) is 13.1. The van der Waals surface area contributed by atoms with Crippen LogP contribution in [0.4, 0.5) is 4.79 Å². The maximum atomic E-state index is 12.8. The predicted molar refractivity (Wildman–Crippen MR) is 121 cm³/mol. The molecular formula is C24H39N3O4. The van der Waals surface area contributed by atoms with E-state index in [0.29, 0.717) is 31.8 Å². The number of allylic oxidation sites excluding steroid dienone is 2. The largest absolute Gasteiger partial charge is 0.460 e. The molecule has 7 heteroatoms. The van der Waals surface area contributed by atoms with Crippen molar-refractivity contribution in [2.75, 3.05) is 6.54 Å². The van der Waals surface area contributed by atoms with Crippen LogP contribution >= 0.6 is 0 Å². The van der Waals surface area contributed by atoms with E-state index in [1.165, 1.54) is 6.42 Å². The molecule has 0 spiro atoms. The van der Waals surface area contributed by atoms with Gasteiger partial charge in [0.25, 0.3) is 0 Å². The average molecular weight is 434 g/mol. The molecule has 1 aromatic heterocycles. The molecule has 1 aliphatic carbocycles. The Balaban J connectivity index is 1.94. The molecule has 0 aliphatic heterocycles. The third-order valence-corrected chi connectivity index (χ3v) is 4.86. The first kappa shape index (κ1) is 25.0. The smallest absolute Gasteiger partial charge is 0.407 e. The van der Waals surface area contributed by atoms with E-state index in [9.17, 15) is 9.59 Å². The molecule has 2 rings (SSSR count). The van der Waals surface area contributed by atoms with E-state index in [0.717, 1.165) is 18.5 Å². The predicted octanol–water partition coefficient (Wildman–Crippen LogP) is 4.97. The highest BCUT2D eigenvalue weighted by Gasteiger charge is 2.26. The minimum Gasteiger partial charge on any atom is -0.460 e. The number of imidazole rings is 1. The summed E-state index contributed by atoms with van der Waals surface area (Å²) >= 11 is 0. The molecule has 1 N–H and O–H groups in total. The molecule has 174 valence electrons. The zero-order valence-electron chi connectivity index (χ0n) is 19.9. The van der Waals surface area contributed by atoms with Crippen LogP contribution in [-0.2, 0) is 20.7 Å². The van der Waals surface area contributed by atoms with E-state index in [2.05, 4.69) is 27.0 Å². The molecule has 1 heterocycles. The molecule has 0 saturated carbocycles. The number of rotatable bonds is 8. The van der Waals surface area contributed by atoms with Gasteiger partial charge in [-0.1, -0.05) is 12.2 Å². The van der Waals surface area contributed by atoms with Crippen molar-refractivity contribution in [3.8, 4) is 0 Å². The second kappa shape index (κ2) is 10.8. The number of nitrogens with zero attached hydrogens (tertiary/aromatic N) is 2. The number of ether oxygens (including phenoxy) is 2. The van der Waals surface area contributed by atoms with Gasteiger partial charge in [0, 0.05) is 19.2 Å². The number of aromatic nitrogens is 2. The summed E-state index contributed by atoms with van der Waals surface area (Å²) in [6, 6.07) is 0.341. The van der Waals surface area contributed by atoms with E-state index in [1.54, 1.807) is 0 Å². The van der Waals surface area contributed by atoms with Gasteiger partial charge in [0.05, 0.1) is 24.0 Å². The zero-order valence-corrected chi connectivity index (χ0v) is 19.9. The second-order valence-corrected chi connectivity index (χ2v) is 10.2. The molecule has 2 unspecified atom stereocenters. The third kappa shape index (κ3) is 9.57. The van der Waals surface area contributed by atoms with Crippen molar-refractivity contribution >= 4 is 12.1 Å². The molecule has 1 aromatic rings. The molecule has 31 heavy (non-hydrogen) atoms. The second-order valence-electron chi connectivity index (χ2n) is 10.2. The Labute approximate surface area is 186 Å². The van der Waals surface area contributed by atoms with Crippen molar-refractivity contribution in [1.82, 2.24) is 14.9 Å². The van der Waals surface area contributed by atoms with Gasteiger partial charge < -0.3 is 19.4 Å². The van der Waals surface area contributed by atoms with Crippen LogP contribution in [0, 0.1) is 5.92 Å². The molecule has 0 bridgehead atoms. The van der Waals surface area contributed by atoms with Gasteiger partial charge >= 0.3 is 12.1 Å². The summed E-state index contributed by atoms with van der Waals surface area (Å²) in [5, 5.41) is 2.75. The minimum absolute atomic E-state index is 0.225. The van der Waals surface area contributed by atoms with E-state index >= 15 is 0 Å². The SMILES string of the molecule is CC(C)(C)OC(=O)NCCCC(Cc1cn(C2C=CCCC2)cn1)C(=O)OC(C)(C)C. The topological polar surface area (TPSA) is 82.5 Å². The Hall–Kier alpha value is -2.31. The number of alkyl carbamates (subject to hydrolysis) is 1. The fourth-order valence-electron chi connectivity index (χ4n) is 3.50. The summed E-state index contributed by atoms with van der Waals surface area (Å²) in [4.78, 5) is 29.2. The van der Waals surface area contributed by atoms with E-state index < -0.39 is 17.3 Å². The molecule has 2 atom stereocenters. The third-order valence-electron chi connectivity index (χ3n) is 4.86. The Kier molecular flexibility index (Phi) is 8.71. The summed E-state index contributed by atoms with van der Waals surface area (Å²) < 4.78 is 13.0. The number of amides is 1. The summed E-state index contributed by atoms with van der Waals surface area (Å²) in [7, 11) is 0. The van der Waals surface area contributed by atoms with Crippen LogP contribution in [0.1, 0.15) is 85.4 Å². The lowest BCUT2D eigenvalue weighted by Gasteiger charge is -2.24. The van der Waals surface area contributed by atoms with E-state index in [4.69, 9.17) is 9.47 Å². The van der Waals surface area contributed by atoms with E-state index in [1.807, 2.05) is 54.1 Å². The molecule has 0 saturated heterocycles. The summed E-state index contributed by atoms with van der Waals surface area (Å²) in [5.74, 6) is -0.540. The van der Waals surface area contributed by atoms with Gasteiger partial charge in [0.2, 0.25) is 0 Å². The minimum atomic E-state index is -0.545. The first-order valence-corrected chi connectivity index (χ1v) is 11.3. The average Bonchev–Trinajstić information content (AvgIpc) is 3.10. The standard InChI is InChI=1S/C24H39N3O4/c1-23(2,3)30-21(28)18(11-10-14-25-22(29)31-24(4,5)6)15-19-16-27(17-26-19)20-12-8-7-9-13-20/h8,12,16-18,20H,7,9-11,13-15H2,1-6H3,(H,25,29). The molecule has 7 nitrogen and oxygen atoms in total. The Morgan fingerprint density at radius 1 is 1.19 bits per heavy atom. The van der Waals surface area contributed by atoms with Crippen LogP contribution in [0.5, 0.6) is 0 Å². The fraction of sp³-hybridized carbons (Fsp3) is 0.708. The molecule has 1 aliphatic rings. The first-order chi connectivity index (χ1) is 14.4. The number of carbonyl (C=O) groups excluding carboxylic acids is 2. The van der Waals surface area contributed by atoms with Crippen LogP contribution in [0.15, 0.2) is 24.7 Å². The van der Waals surface area contributed by atoms with Gasteiger partial charge in [-0.05, 0) is 73.6 Å². The maximum Gasteiger partial charge on any atom is 0.407 e. The lowest BCUT2D eigenvalue weighted by Crippen LogP contribution is -2.34. The van der Waals surface area contributed by atoms with Gasteiger partial charge in [0.15, 0.2) is 0 Å². The van der Waals surface area contributed by atoms with Crippen molar-refractivity contribution in [2.45, 2.75) is 97.3 Å². The highest BCUT2D eigenvalue weighted by atomic mass is 16.6. The maximum absolute atomic E-state index is 12.8. The summed E-state index contributed by atoms with van der Waals surface area (Å²) in [5.41, 5.74) is -0.193. The van der Waals surface area contributed by atoms with Gasteiger partial charge in [0.1, 0.15) is 11.2 Å². The van der Waals surface area contributed by atoms with Crippen LogP contribution < -0.4 is 5.32 Å². The number of hydrogen-bond donors (Lipinski definition) is 1. The number of nitrogens with one attached hydrogen (secondary N) is 1. The van der Waals surface area contributed by atoms with Crippen molar-refractivity contribution in [2.24, 2.45) is 5.92 Å².